The fourth-order valence-electron chi connectivity index (χ4n) is 3.59. The van der Waals surface area contributed by atoms with Crippen molar-refractivity contribution in [2.75, 3.05) is 46.3 Å². The molecule has 170 valence electrons. The summed E-state index contributed by atoms with van der Waals surface area (Å²) in [6.45, 7) is 9.94. The zero-order valence-electron chi connectivity index (χ0n) is 18.3. The molecule has 1 saturated heterocycles. The lowest BCUT2D eigenvalue weighted by Crippen LogP contribution is -2.53. The topological polar surface area (TPSA) is 60.0 Å². The van der Waals surface area contributed by atoms with E-state index in [1.54, 1.807) is 13.1 Å². The molecule has 0 aromatic heterocycles. The first kappa shape index (κ1) is 26.5. The zero-order chi connectivity index (χ0) is 21.4. The third-order valence-corrected chi connectivity index (χ3v) is 5.21. The van der Waals surface area contributed by atoms with E-state index in [0.29, 0.717) is 18.7 Å². The Kier molecular flexibility index (Phi) is 11.5. The van der Waals surface area contributed by atoms with Gasteiger partial charge in [0.25, 0.3) is 0 Å². The number of halogens is 3. The molecule has 0 radical (unpaired) electrons. The maximum Gasteiger partial charge on any atom is 0.222 e. The summed E-state index contributed by atoms with van der Waals surface area (Å²) in [4.78, 5) is 20.3. The summed E-state index contributed by atoms with van der Waals surface area (Å²) in [6, 6.07) is 3.76. The van der Waals surface area contributed by atoms with Gasteiger partial charge in [0.1, 0.15) is 11.6 Å². The van der Waals surface area contributed by atoms with Crippen LogP contribution in [0.15, 0.2) is 23.2 Å². The SMILES string of the molecule is CCC(c1ccc(F)cc1F)N1CCN(C(=NC)NCCNC(=O)C(C)C)CC1.I. The van der Waals surface area contributed by atoms with Gasteiger partial charge in [-0.25, -0.2) is 8.78 Å². The lowest BCUT2D eigenvalue weighted by molar-refractivity contribution is -0.123. The Morgan fingerprint density at radius 2 is 1.77 bits per heavy atom. The van der Waals surface area contributed by atoms with Crippen LogP contribution < -0.4 is 10.6 Å². The third kappa shape index (κ3) is 7.33. The highest BCUT2D eigenvalue weighted by Crippen LogP contribution is 2.28. The number of rotatable bonds is 7. The molecule has 1 amide bonds. The summed E-state index contributed by atoms with van der Waals surface area (Å²) in [5.74, 6) is -0.232. The first-order chi connectivity index (χ1) is 13.9. The molecule has 2 rings (SSSR count). The van der Waals surface area contributed by atoms with Gasteiger partial charge in [-0.1, -0.05) is 26.8 Å². The number of guanidine groups is 1. The average Bonchev–Trinajstić information content (AvgIpc) is 2.70. The lowest BCUT2D eigenvalue weighted by Gasteiger charge is -2.40. The standard InChI is InChI=1S/C21H33F2N5O.HI/c1-5-19(17-7-6-16(22)14-18(17)23)27-10-12-28(13-11-27)21(24-4)26-9-8-25-20(29)15(2)3;/h6-7,14-15,19H,5,8-13H2,1-4H3,(H,24,26)(H,25,29);1H. The van der Waals surface area contributed by atoms with Crippen molar-refractivity contribution in [2.45, 2.75) is 33.2 Å². The summed E-state index contributed by atoms with van der Waals surface area (Å²) in [5.41, 5.74) is 0.547. The molecule has 1 aromatic rings. The van der Waals surface area contributed by atoms with Gasteiger partial charge in [0.05, 0.1) is 0 Å². The van der Waals surface area contributed by atoms with Crippen LogP contribution >= 0.6 is 24.0 Å². The van der Waals surface area contributed by atoms with Crippen molar-refractivity contribution in [1.29, 1.82) is 0 Å². The Morgan fingerprint density at radius 1 is 1.13 bits per heavy atom. The number of nitrogens with zero attached hydrogens (tertiary/aromatic N) is 3. The van der Waals surface area contributed by atoms with E-state index in [4.69, 9.17) is 0 Å². The minimum absolute atomic E-state index is 0. The zero-order valence-corrected chi connectivity index (χ0v) is 20.6. The molecule has 1 aliphatic heterocycles. The number of carbonyl (C=O) groups excluding carboxylic acids is 1. The highest BCUT2D eigenvalue weighted by Gasteiger charge is 2.27. The van der Waals surface area contributed by atoms with Crippen LogP contribution in [-0.2, 0) is 4.79 Å². The molecular weight excluding hydrogens is 503 g/mol. The Morgan fingerprint density at radius 3 is 2.30 bits per heavy atom. The number of piperazine rings is 1. The van der Waals surface area contributed by atoms with E-state index < -0.39 is 11.6 Å². The average molecular weight is 537 g/mol. The number of amides is 1. The second kappa shape index (κ2) is 13.0. The van der Waals surface area contributed by atoms with Gasteiger partial charge in [0.2, 0.25) is 5.91 Å². The van der Waals surface area contributed by atoms with E-state index in [9.17, 15) is 13.6 Å². The summed E-state index contributed by atoms with van der Waals surface area (Å²) >= 11 is 0. The van der Waals surface area contributed by atoms with Crippen molar-refractivity contribution in [3.05, 3.63) is 35.4 Å². The summed E-state index contributed by atoms with van der Waals surface area (Å²) in [6.07, 6.45) is 0.755. The monoisotopic (exact) mass is 537 g/mol. The fraction of sp³-hybridized carbons (Fsp3) is 0.619. The van der Waals surface area contributed by atoms with Gasteiger partial charge in [0.15, 0.2) is 5.96 Å². The van der Waals surface area contributed by atoms with E-state index in [0.717, 1.165) is 44.6 Å². The number of benzene rings is 1. The Labute approximate surface area is 195 Å². The van der Waals surface area contributed by atoms with Crippen molar-refractivity contribution >= 4 is 35.8 Å². The van der Waals surface area contributed by atoms with Crippen LogP contribution in [0.5, 0.6) is 0 Å². The number of nitrogens with one attached hydrogen (secondary N) is 2. The highest BCUT2D eigenvalue weighted by molar-refractivity contribution is 14.0. The van der Waals surface area contributed by atoms with Crippen LogP contribution in [0.2, 0.25) is 0 Å². The van der Waals surface area contributed by atoms with E-state index in [-0.39, 0.29) is 41.8 Å². The largest absolute Gasteiger partial charge is 0.354 e. The first-order valence-corrected chi connectivity index (χ1v) is 10.3. The van der Waals surface area contributed by atoms with Gasteiger partial charge in [-0.3, -0.25) is 14.7 Å². The Bertz CT molecular complexity index is 709. The molecule has 1 aliphatic rings. The van der Waals surface area contributed by atoms with Crippen molar-refractivity contribution in [3.8, 4) is 0 Å². The minimum Gasteiger partial charge on any atom is -0.354 e. The highest BCUT2D eigenvalue weighted by atomic mass is 127. The molecule has 1 unspecified atom stereocenters. The molecule has 9 heteroatoms. The molecule has 30 heavy (non-hydrogen) atoms. The molecule has 0 spiro atoms. The Balaban J connectivity index is 0.00000450. The van der Waals surface area contributed by atoms with Gasteiger partial charge in [-0.2, -0.15) is 0 Å². The van der Waals surface area contributed by atoms with Gasteiger partial charge in [-0.05, 0) is 12.5 Å². The van der Waals surface area contributed by atoms with Crippen molar-refractivity contribution < 1.29 is 13.6 Å². The van der Waals surface area contributed by atoms with E-state index in [1.165, 1.54) is 6.07 Å². The molecule has 6 nitrogen and oxygen atoms in total. The summed E-state index contributed by atoms with van der Waals surface area (Å²) in [7, 11) is 1.74. The van der Waals surface area contributed by atoms with E-state index in [1.807, 2.05) is 20.8 Å². The number of hydrogen-bond acceptors (Lipinski definition) is 3. The molecule has 2 N–H and O–H groups in total. The van der Waals surface area contributed by atoms with Crippen LogP contribution in [0, 0.1) is 17.6 Å². The van der Waals surface area contributed by atoms with E-state index in [2.05, 4.69) is 25.4 Å². The van der Waals surface area contributed by atoms with Gasteiger partial charge >= 0.3 is 0 Å². The molecule has 1 atom stereocenters. The quantitative estimate of drug-likeness (QED) is 0.243. The van der Waals surface area contributed by atoms with Gasteiger partial charge < -0.3 is 15.5 Å². The second-order valence-corrected chi connectivity index (χ2v) is 7.53. The third-order valence-electron chi connectivity index (χ3n) is 5.21. The van der Waals surface area contributed by atoms with Gasteiger partial charge in [0, 0.05) is 69.9 Å². The first-order valence-electron chi connectivity index (χ1n) is 10.3. The van der Waals surface area contributed by atoms with Crippen molar-refractivity contribution in [1.82, 2.24) is 20.4 Å². The van der Waals surface area contributed by atoms with Crippen molar-refractivity contribution in [2.24, 2.45) is 10.9 Å². The molecule has 1 fully saturated rings. The van der Waals surface area contributed by atoms with Gasteiger partial charge in [-0.15, -0.1) is 24.0 Å². The van der Waals surface area contributed by atoms with Crippen molar-refractivity contribution in [3.63, 3.8) is 0 Å². The smallest absolute Gasteiger partial charge is 0.222 e. The molecule has 0 aliphatic carbocycles. The maximum absolute atomic E-state index is 14.2. The lowest BCUT2D eigenvalue weighted by atomic mass is 10.0. The fourth-order valence-corrected chi connectivity index (χ4v) is 3.59. The molecule has 0 bridgehead atoms. The molecular formula is C21H34F2IN5O. The van der Waals surface area contributed by atoms with Crippen LogP contribution in [0.1, 0.15) is 38.8 Å². The summed E-state index contributed by atoms with van der Waals surface area (Å²) < 4.78 is 27.5. The molecule has 1 aromatic carbocycles. The number of aliphatic imine (C=N–C) groups is 1. The normalized spacial score (nSPS) is 16.2. The van der Waals surface area contributed by atoms with E-state index >= 15 is 0 Å². The van der Waals surface area contributed by atoms with Crippen LogP contribution in [0.25, 0.3) is 0 Å². The minimum atomic E-state index is -0.551. The summed E-state index contributed by atoms with van der Waals surface area (Å²) in [5, 5.41) is 6.16. The molecule has 1 heterocycles. The predicted octanol–water partition coefficient (Wildman–Crippen LogP) is 3.00. The second-order valence-electron chi connectivity index (χ2n) is 7.53. The molecule has 0 saturated carbocycles. The predicted molar refractivity (Wildman–Crippen MR) is 127 cm³/mol. The van der Waals surface area contributed by atoms with Crippen LogP contribution in [0.4, 0.5) is 8.78 Å². The number of carbonyl (C=O) groups is 1. The number of hydrogen-bond donors (Lipinski definition) is 2. The van der Waals surface area contributed by atoms with Crippen LogP contribution in [0.3, 0.4) is 0 Å². The van der Waals surface area contributed by atoms with Crippen LogP contribution in [-0.4, -0.2) is 68.0 Å². The maximum atomic E-state index is 14.2. The Hall–Kier alpha value is -1.49.